The van der Waals surface area contributed by atoms with Crippen LogP contribution in [0.1, 0.15) is 13.3 Å². The van der Waals surface area contributed by atoms with Crippen LogP contribution in [0.2, 0.25) is 0 Å². The highest BCUT2D eigenvalue weighted by atomic mass is 16.5. The maximum Gasteiger partial charge on any atom is 0.318 e. The Bertz CT molecular complexity index is 319. The van der Waals surface area contributed by atoms with Gasteiger partial charge < -0.3 is 20.1 Å². The lowest BCUT2D eigenvalue weighted by Gasteiger charge is -2.30. The molecule has 1 heterocycles. The number of nitrogens with one attached hydrogen (secondary N) is 1. The SMILES string of the molecule is C=CCNC(=O)N(CCC)C1COCC1C(=O)O. The van der Waals surface area contributed by atoms with E-state index < -0.39 is 17.9 Å². The van der Waals surface area contributed by atoms with Crippen molar-refractivity contribution in [3.8, 4) is 0 Å². The van der Waals surface area contributed by atoms with Gasteiger partial charge >= 0.3 is 12.0 Å². The Hall–Kier alpha value is -1.56. The van der Waals surface area contributed by atoms with E-state index in [0.29, 0.717) is 13.1 Å². The number of carboxylic acid groups (broad SMARTS) is 1. The fraction of sp³-hybridized carbons (Fsp3) is 0.667. The summed E-state index contributed by atoms with van der Waals surface area (Å²) in [6.07, 6.45) is 2.35. The summed E-state index contributed by atoms with van der Waals surface area (Å²) < 4.78 is 5.19. The second kappa shape index (κ2) is 7.00. The van der Waals surface area contributed by atoms with Gasteiger partial charge in [-0.25, -0.2) is 4.79 Å². The predicted molar refractivity (Wildman–Crippen MR) is 66.3 cm³/mol. The van der Waals surface area contributed by atoms with E-state index in [1.54, 1.807) is 11.0 Å². The molecule has 102 valence electrons. The molecule has 1 saturated heterocycles. The van der Waals surface area contributed by atoms with Gasteiger partial charge in [0.1, 0.15) is 5.92 Å². The number of carbonyl (C=O) groups is 2. The molecule has 0 radical (unpaired) electrons. The van der Waals surface area contributed by atoms with Gasteiger partial charge in [0.15, 0.2) is 0 Å². The normalized spacial score (nSPS) is 22.5. The van der Waals surface area contributed by atoms with Crippen molar-refractivity contribution in [3.63, 3.8) is 0 Å². The second-order valence-corrected chi connectivity index (χ2v) is 4.22. The number of hydrogen-bond donors (Lipinski definition) is 2. The fourth-order valence-electron chi connectivity index (χ4n) is 2.01. The van der Waals surface area contributed by atoms with Gasteiger partial charge in [0, 0.05) is 13.1 Å². The molecule has 2 unspecified atom stereocenters. The van der Waals surface area contributed by atoms with Crippen LogP contribution < -0.4 is 5.32 Å². The van der Waals surface area contributed by atoms with Gasteiger partial charge in [0.2, 0.25) is 0 Å². The third kappa shape index (κ3) is 3.46. The Kier molecular flexibility index (Phi) is 5.64. The first-order valence-corrected chi connectivity index (χ1v) is 6.07. The Morgan fingerprint density at radius 1 is 1.56 bits per heavy atom. The zero-order chi connectivity index (χ0) is 13.5. The highest BCUT2D eigenvalue weighted by molar-refractivity contribution is 5.77. The molecule has 18 heavy (non-hydrogen) atoms. The lowest BCUT2D eigenvalue weighted by Crippen LogP contribution is -2.50. The van der Waals surface area contributed by atoms with E-state index in [-0.39, 0.29) is 19.2 Å². The van der Waals surface area contributed by atoms with Crippen LogP contribution in [0.25, 0.3) is 0 Å². The van der Waals surface area contributed by atoms with Crippen LogP contribution in [0.5, 0.6) is 0 Å². The molecular weight excluding hydrogens is 236 g/mol. The van der Waals surface area contributed by atoms with E-state index in [1.807, 2.05) is 6.92 Å². The fourth-order valence-corrected chi connectivity index (χ4v) is 2.01. The summed E-state index contributed by atoms with van der Waals surface area (Å²) in [6.45, 7) is 6.79. The predicted octanol–water partition coefficient (Wildman–Crippen LogP) is 0.694. The van der Waals surface area contributed by atoms with E-state index in [9.17, 15) is 9.59 Å². The van der Waals surface area contributed by atoms with Crippen LogP contribution in [0, 0.1) is 5.92 Å². The average molecular weight is 256 g/mol. The van der Waals surface area contributed by atoms with Crippen LogP contribution in [0.3, 0.4) is 0 Å². The minimum atomic E-state index is -0.921. The molecule has 6 heteroatoms. The van der Waals surface area contributed by atoms with Crippen molar-refractivity contribution in [2.45, 2.75) is 19.4 Å². The standard InChI is InChI=1S/C12H20N2O4/c1-3-5-13-12(17)14(6-4-2)10-8-18-7-9(10)11(15)16/h3,9-10H,1,4-8H2,2H3,(H,13,17)(H,15,16). The molecule has 0 bridgehead atoms. The zero-order valence-electron chi connectivity index (χ0n) is 10.6. The lowest BCUT2D eigenvalue weighted by molar-refractivity contribution is -0.142. The molecule has 2 amide bonds. The number of amides is 2. The number of rotatable bonds is 6. The molecule has 1 aliphatic rings. The number of nitrogens with zero attached hydrogens (tertiary/aromatic N) is 1. The first kappa shape index (κ1) is 14.5. The molecule has 1 aliphatic heterocycles. The molecule has 1 rings (SSSR count). The van der Waals surface area contributed by atoms with Gasteiger partial charge in [-0.15, -0.1) is 6.58 Å². The Balaban J connectivity index is 2.73. The van der Waals surface area contributed by atoms with Gasteiger partial charge in [0.25, 0.3) is 0 Å². The van der Waals surface area contributed by atoms with Crippen molar-refractivity contribution in [1.29, 1.82) is 0 Å². The molecule has 1 fully saturated rings. The van der Waals surface area contributed by atoms with Crippen LogP contribution >= 0.6 is 0 Å². The first-order valence-electron chi connectivity index (χ1n) is 6.07. The Morgan fingerprint density at radius 3 is 2.83 bits per heavy atom. The topological polar surface area (TPSA) is 78.9 Å². The summed E-state index contributed by atoms with van der Waals surface area (Å²) in [5, 5.41) is 11.8. The molecule has 0 aromatic rings. The van der Waals surface area contributed by atoms with Crippen molar-refractivity contribution in [1.82, 2.24) is 10.2 Å². The zero-order valence-corrected chi connectivity index (χ0v) is 10.6. The number of carbonyl (C=O) groups excluding carboxylic acids is 1. The minimum absolute atomic E-state index is 0.162. The molecular formula is C12H20N2O4. The summed E-state index contributed by atoms with van der Waals surface area (Å²) in [5.41, 5.74) is 0. The maximum absolute atomic E-state index is 12.0. The summed E-state index contributed by atoms with van der Waals surface area (Å²) in [4.78, 5) is 24.6. The minimum Gasteiger partial charge on any atom is -0.481 e. The maximum atomic E-state index is 12.0. The van der Waals surface area contributed by atoms with Crippen molar-refractivity contribution in [2.24, 2.45) is 5.92 Å². The van der Waals surface area contributed by atoms with Gasteiger partial charge in [-0.3, -0.25) is 4.79 Å². The van der Waals surface area contributed by atoms with Crippen molar-refractivity contribution in [2.75, 3.05) is 26.3 Å². The number of hydrogen-bond acceptors (Lipinski definition) is 3. The van der Waals surface area contributed by atoms with Crippen molar-refractivity contribution >= 4 is 12.0 Å². The van der Waals surface area contributed by atoms with E-state index in [1.165, 1.54) is 0 Å². The highest BCUT2D eigenvalue weighted by Crippen LogP contribution is 2.20. The summed E-state index contributed by atoms with van der Waals surface area (Å²) in [6, 6.07) is -0.661. The summed E-state index contributed by atoms with van der Waals surface area (Å²) in [7, 11) is 0. The van der Waals surface area contributed by atoms with Gasteiger partial charge in [-0.05, 0) is 6.42 Å². The van der Waals surface area contributed by atoms with Crippen LogP contribution in [0.4, 0.5) is 4.79 Å². The smallest absolute Gasteiger partial charge is 0.318 e. The number of urea groups is 1. The summed E-state index contributed by atoms with van der Waals surface area (Å²) in [5.74, 6) is -1.57. The molecule has 0 aromatic heterocycles. The number of aliphatic carboxylic acids is 1. The van der Waals surface area contributed by atoms with Crippen molar-refractivity contribution < 1.29 is 19.4 Å². The molecule has 0 spiro atoms. The van der Waals surface area contributed by atoms with E-state index >= 15 is 0 Å². The quantitative estimate of drug-likeness (QED) is 0.685. The average Bonchev–Trinajstić information content (AvgIpc) is 2.81. The van der Waals surface area contributed by atoms with E-state index in [2.05, 4.69) is 11.9 Å². The van der Waals surface area contributed by atoms with E-state index in [4.69, 9.17) is 9.84 Å². The van der Waals surface area contributed by atoms with Crippen molar-refractivity contribution in [3.05, 3.63) is 12.7 Å². The number of carboxylic acids is 1. The largest absolute Gasteiger partial charge is 0.481 e. The molecule has 0 aliphatic carbocycles. The second-order valence-electron chi connectivity index (χ2n) is 4.22. The Labute approximate surface area is 107 Å². The molecule has 2 N–H and O–H groups in total. The molecule has 6 nitrogen and oxygen atoms in total. The highest BCUT2D eigenvalue weighted by Gasteiger charge is 2.39. The third-order valence-corrected chi connectivity index (χ3v) is 2.89. The van der Waals surface area contributed by atoms with Gasteiger partial charge in [0.05, 0.1) is 19.3 Å². The van der Waals surface area contributed by atoms with Gasteiger partial charge in [-0.2, -0.15) is 0 Å². The summed E-state index contributed by atoms with van der Waals surface area (Å²) >= 11 is 0. The monoisotopic (exact) mass is 256 g/mol. The molecule has 2 atom stereocenters. The van der Waals surface area contributed by atoms with Crippen LogP contribution in [-0.4, -0.2) is 54.4 Å². The Morgan fingerprint density at radius 2 is 2.28 bits per heavy atom. The van der Waals surface area contributed by atoms with Crippen LogP contribution in [0.15, 0.2) is 12.7 Å². The lowest BCUT2D eigenvalue weighted by atomic mass is 10.0. The third-order valence-electron chi connectivity index (χ3n) is 2.89. The van der Waals surface area contributed by atoms with Gasteiger partial charge in [-0.1, -0.05) is 13.0 Å². The first-order chi connectivity index (χ1) is 8.61. The number of ether oxygens (including phenoxy) is 1. The van der Waals surface area contributed by atoms with E-state index in [0.717, 1.165) is 6.42 Å². The van der Waals surface area contributed by atoms with Crippen LogP contribution in [-0.2, 0) is 9.53 Å². The molecule has 0 aromatic carbocycles. The molecule has 0 saturated carbocycles.